The van der Waals surface area contributed by atoms with E-state index < -0.39 is 6.10 Å². The van der Waals surface area contributed by atoms with Gasteiger partial charge in [0, 0.05) is 12.1 Å². The summed E-state index contributed by atoms with van der Waals surface area (Å²) in [5, 5.41) is 12.2. The summed E-state index contributed by atoms with van der Waals surface area (Å²) < 4.78 is 0. The Balaban J connectivity index is 2.47. The Morgan fingerprint density at radius 1 is 1.50 bits per heavy atom. The lowest BCUT2D eigenvalue weighted by molar-refractivity contribution is 0.0910. The maximum absolute atomic E-state index is 11.7. The van der Waals surface area contributed by atoms with Gasteiger partial charge >= 0.3 is 0 Å². The number of amides is 1. The van der Waals surface area contributed by atoms with Gasteiger partial charge in [-0.3, -0.25) is 4.79 Å². The first-order valence-corrected chi connectivity index (χ1v) is 5.66. The Bertz CT molecular complexity index is 350. The summed E-state index contributed by atoms with van der Waals surface area (Å²) in [7, 11) is 0. The molecule has 1 aromatic rings. The highest BCUT2D eigenvalue weighted by molar-refractivity contribution is 5.94. The molecule has 1 unspecified atom stereocenters. The molecular formula is C13H19NO2. The highest BCUT2D eigenvalue weighted by atomic mass is 16.3. The Hall–Kier alpha value is -1.35. The van der Waals surface area contributed by atoms with E-state index in [4.69, 9.17) is 0 Å². The lowest BCUT2D eigenvalue weighted by Gasteiger charge is -2.10. The molecule has 0 aromatic heterocycles. The molecule has 0 saturated heterocycles. The van der Waals surface area contributed by atoms with Crippen LogP contribution in [-0.2, 0) is 0 Å². The molecule has 3 heteroatoms. The summed E-state index contributed by atoms with van der Waals surface area (Å²) in [6.07, 6.45) is 1.19. The molecule has 0 heterocycles. The third-order valence-corrected chi connectivity index (χ3v) is 2.40. The highest BCUT2D eigenvalue weighted by Gasteiger charge is 2.07. The second-order valence-electron chi connectivity index (χ2n) is 4.02. The van der Waals surface area contributed by atoms with E-state index in [-0.39, 0.29) is 5.91 Å². The minimum absolute atomic E-state index is 0.126. The van der Waals surface area contributed by atoms with Crippen molar-refractivity contribution >= 4 is 5.91 Å². The van der Waals surface area contributed by atoms with E-state index in [0.717, 1.165) is 12.0 Å². The first-order valence-electron chi connectivity index (χ1n) is 5.66. The average molecular weight is 221 g/mol. The minimum atomic E-state index is -0.446. The van der Waals surface area contributed by atoms with Crippen molar-refractivity contribution < 1.29 is 9.90 Å². The number of aliphatic hydroxyl groups is 1. The smallest absolute Gasteiger partial charge is 0.251 e. The van der Waals surface area contributed by atoms with Crippen LogP contribution in [0.3, 0.4) is 0 Å². The maximum atomic E-state index is 11.7. The molecule has 88 valence electrons. The van der Waals surface area contributed by atoms with E-state index in [1.807, 2.05) is 32.0 Å². The molecule has 0 aliphatic carbocycles. The van der Waals surface area contributed by atoms with Gasteiger partial charge < -0.3 is 10.4 Å². The van der Waals surface area contributed by atoms with E-state index in [1.54, 1.807) is 6.07 Å². The van der Waals surface area contributed by atoms with Crippen LogP contribution in [0.4, 0.5) is 0 Å². The predicted molar refractivity (Wildman–Crippen MR) is 64.4 cm³/mol. The molecule has 0 spiro atoms. The van der Waals surface area contributed by atoms with Crippen LogP contribution in [0.1, 0.15) is 35.7 Å². The summed E-state index contributed by atoms with van der Waals surface area (Å²) in [5.74, 6) is -0.126. The largest absolute Gasteiger partial charge is 0.391 e. The fourth-order valence-corrected chi connectivity index (χ4v) is 1.53. The van der Waals surface area contributed by atoms with Crippen molar-refractivity contribution in [2.45, 2.75) is 32.8 Å². The van der Waals surface area contributed by atoms with Crippen LogP contribution < -0.4 is 5.32 Å². The molecule has 1 amide bonds. The number of carbonyl (C=O) groups is 1. The zero-order valence-electron chi connectivity index (χ0n) is 9.86. The molecule has 1 rings (SSSR count). The van der Waals surface area contributed by atoms with Gasteiger partial charge in [-0.05, 0) is 25.5 Å². The molecule has 16 heavy (non-hydrogen) atoms. The number of aryl methyl sites for hydroxylation is 1. The van der Waals surface area contributed by atoms with E-state index in [0.29, 0.717) is 18.5 Å². The van der Waals surface area contributed by atoms with Crippen molar-refractivity contribution in [1.29, 1.82) is 0 Å². The van der Waals surface area contributed by atoms with Gasteiger partial charge in [0.15, 0.2) is 0 Å². The van der Waals surface area contributed by atoms with Crippen molar-refractivity contribution in [2.75, 3.05) is 6.54 Å². The van der Waals surface area contributed by atoms with Gasteiger partial charge in [0.2, 0.25) is 0 Å². The van der Waals surface area contributed by atoms with Gasteiger partial charge in [-0.1, -0.05) is 31.0 Å². The summed E-state index contributed by atoms with van der Waals surface area (Å²) in [6, 6.07) is 7.41. The third-order valence-electron chi connectivity index (χ3n) is 2.40. The number of nitrogens with one attached hydrogen (secondary N) is 1. The first-order chi connectivity index (χ1) is 7.63. The Kier molecular flexibility index (Phi) is 4.99. The Labute approximate surface area is 96.5 Å². The first kappa shape index (κ1) is 12.7. The van der Waals surface area contributed by atoms with Gasteiger partial charge in [-0.2, -0.15) is 0 Å². The van der Waals surface area contributed by atoms with Crippen molar-refractivity contribution in [3.63, 3.8) is 0 Å². The summed E-state index contributed by atoms with van der Waals surface area (Å²) in [5.41, 5.74) is 1.70. The number of carbonyl (C=O) groups excluding carboxylic acids is 1. The second kappa shape index (κ2) is 6.28. The van der Waals surface area contributed by atoms with Crippen molar-refractivity contribution in [3.05, 3.63) is 35.4 Å². The molecule has 0 bridgehead atoms. The fraction of sp³-hybridized carbons (Fsp3) is 0.462. The van der Waals surface area contributed by atoms with Gasteiger partial charge in [0.25, 0.3) is 5.91 Å². The standard InChI is InChI=1S/C13H19NO2/c1-3-5-12(15)9-14-13(16)11-7-4-6-10(2)8-11/h4,6-8,12,15H,3,5,9H2,1-2H3,(H,14,16). The van der Waals surface area contributed by atoms with E-state index >= 15 is 0 Å². The average Bonchev–Trinajstić information content (AvgIpc) is 2.26. The van der Waals surface area contributed by atoms with Crippen molar-refractivity contribution in [3.8, 4) is 0 Å². The van der Waals surface area contributed by atoms with Gasteiger partial charge in [-0.25, -0.2) is 0 Å². The Morgan fingerprint density at radius 3 is 2.88 bits per heavy atom. The lowest BCUT2D eigenvalue weighted by Crippen LogP contribution is -2.31. The lowest BCUT2D eigenvalue weighted by atomic mass is 10.1. The van der Waals surface area contributed by atoms with Crippen LogP contribution in [0, 0.1) is 6.92 Å². The number of hydrogen-bond donors (Lipinski definition) is 2. The normalized spacial score (nSPS) is 12.2. The van der Waals surface area contributed by atoms with Crippen LogP contribution in [-0.4, -0.2) is 23.7 Å². The van der Waals surface area contributed by atoms with Crippen LogP contribution in [0.2, 0.25) is 0 Å². The van der Waals surface area contributed by atoms with E-state index in [9.17, 15) is 9.90 Å². The molecule has 3 nitrogen and oxygen atoms in total. The molecule has 0 aliphatic rings. The number of rotatable bonds is 5. The molecule has 0 aliphatic heterocycles. The molecule has 1 atom stereocenters. The van der Waals surface area contributed by atoms with Crippen LogP contribution in [0.5, 0.6) is 0 Å². The van der Waals surface area contributed by atoms with Gasteiger partial charge in [-0.15, -0.1) is 0 Å². The third kappa shape index (κ3) is 4.03. The molecule has 1 aromatic carbocycles. The fourth-order valence-electron chi connectivity index (χ4n) is 1.53. The van der Waals surface area contributed by atoms with Crippen LogP contribution in [0.15, 0.2) is 24.3 Å². The number of hydrogen-bond acceptors (Lipinski definition) is 2. The Morgan fingerprint density at radius 2 is 2.25 bits per heavy atom. The predicted octanol–water partition coefficient (Wildman–Crippen LogP) is 1.89. The van der Waals surface area contributed by atoms with Gasteiger partial charge in [0.05, 0.1) is 6.10 Å². The topological polar surface area (TPSA) is 49.3 Å². The zero-order valence-corrected chi connectivity index (χ0v) is 9.86. The molecule has 0 radical (unpaired) electrons. The SMILES string of the molecule is CCCC(O)CNC(=O)c1cccc(C)c1. The van der Waals surface area contributed by atoms with E-state index in [2.05, 4.69) is 5.32 Å². The van der Waals surface area contributed by atoms with Crippen molar-refractivity contribution in [1.82, 2.24) is 5.32 Å². The molecule has 0 fully saturated rings. The van der Waals surface area contributed by atoms with Crippen molar-refractivity contribution in [2.24, 2.45) is 0 Å². The highest BCUT2D eigenvalue weighted by Crippen LogP contribution is 2.03. The van der Waals surface area contributed by atoms with Crippen LogP contribution >= 0.6 is 0 Å². The van der Waals surface area contributed by atoms with E-state index in [1.165, 1.54) is 0 Å². The quantitative estimate of drug-likeness (QED) is 0.797. The van der Waals surface area contributed by atoms with Gasteiger partial charge in [0.1, 0.15) is 0 Å². The molecular weight excluding hydrogens is 202 g/mol. The molecule has 0 saturated carbocycles. The summed E-state index contributed by atoms with van der Waals surface area (Å²) >= 11 is 0. The minimum Gasteiger partial charge on any atom is -0.391 e. The monoisotopic (exact) mass is 221 g/mol. The number of aliphatic hydroxyl groups excluding tert-OH is 1. The van der Waals surface area contributed by atoms with Crippen LogP contribution in [0.25, 0.3) is 0 Å². The number of benzene rings is 1. The summed E-state index contributed by atoms with van der Waals surface area (Å²) in [4.78, 5) is 11.7. The second-order valence-corrected chi connectivity index (χ2v) is 4.02. The maximum Gasteiger partial charge on any atom is 0.251 e. The zero-order chi connectivity index (χ0) is 12.0. The summed E-state index contributed by atoms with van der Waals surface area (Å²) in [6.45, 7) is 4.27. The molecule has 2 N–H and O–H groups in total.